The number of para-hydroxylation sites is 1. The van der Waals surface area contributed by atoms with Crippen LogP contribution in [0.15, 0.2) is 73.1 Å². The van der Waals surface area contributed by atoms with E-state index >= 15 is 0 Å². The van der Waals surface area contributed by atoms with E-state index < -0.39 is 0 Å². The Morgan fingerprint density at radius 3 is 2.84 bits per heavy atom. The number of benzene rings is 2. The molecule has 0 radical (unpaired) electrons. The summed E-state index contributed by atoms with van der Waals surface area (Å²) in [5.41, 5.74) is 4.07. The molecule has 0 aliphatic rings. The van der Waals surface area contributed by atoms with E-state index in [9.17, 15) is 4.79 Å². The van der Waals surface area contributed by atoms with Crippen molar-refractivity contribution in [2.75, 3.05) is 6.61 Å². The number of aryl methyl sites for hydroxylation is 1. The van der Waals surface area contributed by atoms with Gasteiger partial charge in [-0.1, -0.05) is 30.3 Å². The maximum absolute atomic E-state index is 12.8. The third-order valence-electron chi connectivity index (χ3n) is 4.89. The standard InChI is InChI=1S/C25H22N4O3/c1-18-6-5-12-29-16-20(28-24(18)29)17-32-23-10-3-2-9-22(23)25(30)27-15-19-7-4-8-21(14-19)31-13-11-26/h2-10,12,14,16H,13,15,17H2,1H3,(H,27,30). The Balaban J connectivity index is 1.41. The second-order valence-electron chi connectivity index (χ2n) is 7.22. The number of carbonyl (C=O) groups excluding carboxylic acids is 1. The van der Waals surface area contributed by atoms with Crippen molar-refractivity contribution in [2.24, 2.45) is 0 Å². The van der Waals surface area contributed by atoms with Crippen molar-refractivity contribution in [1.82, 2.24) is 14.7 Å². The molecule has 2 heterocycles. The topological polar surface area (TPSA) is 88.6 Å². The fourth-order valence-electron chi connectivity index (χ4n) is 3.34. The molecule has 0 aliphatic heterocycles. The van der Waals surface area contributed by atoms with Crippen LogP contribution in [0.4, 0.5) is 0 Å². The maximum Gasteiger partial charge on any atom is 0.255 e. The minimum absolute atomic E-state index is 0.0214. The fraction of sp³-hybridized carbons (Fsp3) is 0.160. The Labute approximate surface area is 185 Å². The van der Waals surface area contributed by atoms with E-state index in [1.165, 1.54) is 0 Å². The highest BCUT2D eigenvalue weighted by molar-refractivity contribution is 5.96. The highest BCUT2D eigenvalue weighted by Crippen LogP contribution is 2.20. The molecule has 7 heteroatoms. The number of nitrogens with zero attached hydrogens (tertiary/aromatic N) is 3. The monoisotopic (exact) mass is 426 g/mol. The summed E-state index contributed by atoms with van der Waals surface area (Å²) >= 11 is 0. The van der Waals surface area contributed by atoms with Crippen molar-refractivity contribution in [1.29, 1.82) is 5.26 Å². The van der Waals surface area contributed by atoms with Gasteiger partial charge in [-0.3, -0.25) is 4.79 Å². The molecular weight excluding hydrogens is 404 g/mol. The van der Waals surface area contributed by atoms with Crippen LogP contribution in [-0.2, 0) is 13.2 Å². The summed E-state index contributed by atoms with van der Waals surface area (Å²) in [6, 6.07) is 20.3. The number of aromatic nitrogens is 2. The molecule has 0 aliphatic carbocycles. The molecule has 0 unspecified atom stereocenters. The van der Waals surface area contributed by atoms with Gasteiger partial charge in [-0.05, 0) is 48.4 Å². The number of amides is 1. The van der Waals surface area contributed by atoms with Gasteiger partial charge < -0.3 is 19.2 Å². The predicted molar refractivity (Wildman–Crippen MR) is 119 cm³/mol. The van der Waals surface area contributed by atoms with Crippen LogP contribution in [0.3, 0.4) is 0 Å². The molecule has 4 aromatic rings. The number of imidazole rings is 1. The number of nitrogens with one attached hydrogen (secondary N) is 1. The van der Waals surface area contributed by atoms with E-state index in [0.29, 0.717) is 23.6 Å². The zero-order valence-electron chi connectivity index (χ0n) is 17.6. The molecule has 7 nitrogen and oxygen atoms in total. The van der Waals surface area contributed by atoms with Gasteiger partial charge in [0.1, 0.15) is 29.8 Å². The number of carbonyl (C=O) groups is 1. The summed E-state index contributed by atoms with van der Waals surface area (Å²) < 4.78 is 13.2. The van der Waals surface area contributed by atoms with Crippen molar-refractivity contribution in [3.63, 3.8) is 0 Å². The summed E-state index contributed by atoms with van der Waals surface area (Å²) in [5, 5.41) is 11.5. The van der Waals surface area contributed by atoms with Gasteiger partial charge in [-0.25, -0.2) is 4.98 Å². The molecule has 1 N–H and O–H groups in total. The van der Waals surface area contributed by atoms with Crippen LogP contribution in [0.25, 0.3) is 5.65 Å². The third kappa shape index (κ3) is 4.87. The summed E-state index contributed by atoms with van der Waals surface area (Å²) in [6.45, 7) is 2.57. The molecule has 32 heavy (non-hydrogen) atoms. The second kappa shape index (κ2) is 9.67. The smallest absolute Gasteiger partial charge is 0.255 e. The zero-order chi connectivity index (χ0) is 22.3. The van der Waals surface area contributed by atoms with Crippen LogP contribution < -0.4 is 14.8 Å². The number of hydrogen-bond donors (Lipinski definition) is 1. The zero-order valence-corrected chi connectivity index (χ0v) is 17.6. The van der Waals surface area contributed by atoms with Crippen LogP contribution in [0.2, 0.25) is 0 Å². The molecule has 1 amide bonds. The van der Waals surface area contributed by atoms with Gasteiger partial charge >= 0.3 is 0 Å². The lowest BCUT2D eigenvalue weighted by molar-refractivity contribution is 0.0946. The number of fused-ring (bicyclic) bond motifs is 1. The van der Waals surface area contributed by atoms with E-state index in [1.54, 1.807) is 30.3 Å². The lowest BCUT2D eigenvalue weighted by Crippen LogP contribution is -2.23. The minimum Gasteiger partial charge on any atom is -0.486 e. The lowest BCUT2D eigenvalue weighted by atomic mass is 10.1. The number of ether oxygens (including phenoxy) is 2. The fourth-order valence-corrected chi connectivity index (χ4v) is 3.34. The number of rotatable bonds is 8. The maximum atomic E-state index is 12.8. The van der Waals surface area contributed by atoms with Gasteiger partial charge in [0.05, 0.1) is 11.3 Å². The van der Waals surface area contributed by atoms with E-state index in [2.05, 4.69) is 10.3 Å². The molecule has 2 aromatic heterocycles. The van der Waals surface area contributed by atoms with Gasteiger partial charge in [-0.2, -0.15) is 5.26 Å². The largest absolute Gasteiger partial charge is 0.486 e. The van der Waals surface area contributed by atoms with Crippen LogP contribution in [0.1, 0.15) is 27.2 Å². The van der Waals surface area contributed by atoms with Crippen molar-refractivity contribution in [3.8, 4) is 17.6 Å². The average molecular weight is 426 g/mol. The van der Waals surface area contributed by atoms with Gasteiger partial charge in [0.2, 0.25) is 0 Å². The normalized spacial score (nSPS) is 10.5. The molecule has 0 atom stereocenters. The Kier molecular flexibility index (Phi) is 6.33. The van der Waals surface area contributed by atoms with Crippen LogP contribution >= 0.6 is 0 Å². The quantitative estimate of drug-likeness (QED) is 0.459. The van der Waals surface area contributed by atoms with Crippen molar-refractivity contribution >= 4 is 11.6 Å². The Bertz CT molecular complexity index is 1290. The van der Waals surface area contributed by atoms with Crippen LogP contribution in [0, 0.1) is 18.3 Å². The van der Waals surface area contributed by atoms with Crippen molar-refractivity contribution in [3.05, 3.63) is 95.4 Å². The average Bonchev–Trinajstić information content (AvgIpc) is 3.25. The number of hydrogen-bond acceptors (Lipinski definition) is 5. The van der Waals surface area contributed by atoms with Gasteiger partial charge in [0.15, 0.2) is 6.61 Å². The van der Waals surface area contributed by atoms with Crippen molar-refractivity contribution in [2.45, 2.75) is 20.1 Å². The molecular formula is C25H22N4O3. The summed E-state index contributed by atoms with van der Waals surface area (Å²) in [5.74, 6) is 0.837. The van der Waals surface area contributed by atoms with Gasteiger partial charge in [-0.15, -0.1) is 0 Å². The first-order chi connectivity index (χ1) is 15.6. The molecule has 0 saturated carbocycles. The Hall–Kier alpha value is -4.31. The molecule has 0 saturated heterocycles. The third-order valence-corrected chi connectivity index (χ3v) is 4.89. The minimum atomic E-state index is -0.241. The molecule has 0 fully saturated rings. The first-order valence-corrected chi connectivity index (χ1v) is 10.2. The second-order valence-corrected chi connectivity index (χ2v) is 7.22. The first-order valence-electron chi connectivity index (χ1n) is 10.2. The van der Waals surface area contributed by atoms with Crippen LogP contribution in [0.5, 0.6) is 11.5 Å². The summed E-state index contributed by atoms with van der Waals surface area (Å²) in [7, 11) is 0. The van der Waals surface area contributed by atoms with Gasteiger partial charge in [0, 0.05) is 18.9 Å². The predicted octanol–water partition coefficient (Wildman–Crippen LogP) is 4.05. The van der Waals surface area contributed by atoms with E-state index in [0.717, 1.165) is 22.5 Å². The van der Waals surface area contributed by atoms with E-state index in [1.807, 2.05) is 60.1 Å². The molecule has 160 valence electrons. The summed E-state index contributed by atoms with van der Waals surface area (Å²) in [6.07, 6.45) is 3.87. The van der Waals surface area contributed by atoms with Crippen molar-refractivity contribution < 1.29 is 14.3 Å². The Morgan fingerprint density at radius 2 is 2.00 bits per heavy atom. The van der Waals surface area contributed by atoms with Gasteiger partial charge in [0.25, 0.3) is 5.91 Å². The lowest BCUT2D eigenvalue weighted by Gasteiger charge is -2.11. The SMILES string of the molecule is Cc1cccn2cc(COc3ccccc3C(=O)NCc3cccc(OCC#N)c3)nc12. The molecule has 0 spiro atoms. The van der Waals surface area contributed by atoms with E-state index in [-0.39, 0.29) is 19.1 Å². The highest BCUT2D eigenvalue weighted by Gasteiger charge is 2.13. The molecule has 4 rings (SSSR count). The Morgan fingerprint density at radius 1 is 1.12 bits per heavy atom. The van der Waals surface area contributed by atoms with E-state index in [4.69, 9.17) is 14.7 Å². The number of nitriles is 1. The first kappa shape index (κ1) is 20.9. The molecule has 2 aromatic carbocycles. The summed E-state index contributed by atoms with van der Waals surface area (Å²) in [4.78, 5) is 17.4. The van der Waals surface area contributed by atoms with Crippen LogP contribution in [-0.4, -0.2) is 21.9 Å². The number of pyridine rings is 1. The highest BCUT2D eigenvalue weighted by atomic mass is 16.5. The molecule has 0 bridgehead atoms.